The van der Waals surface area contributed by atoms with Crippen LogP contribution in [0.3, 0.4) is 0 Å². The van der Waals surface area contributed by atoms with Gasteiger partial charge in [-0.25, -0.2) is 0 Å². The normalized spacial score (nSPS) is 12.7. The lowest BCUT2D eigenvalue weighted by Gasteiger charge is -2.20. The van der Waals surface area contributed by atoms with Crippen molar-refractivity contribution in [1.29, 1.82) is 0 Å². The third kappa shape index (κ3) is 63.1. The molecule has 0 spiro atoms. The summed E-state index contributed by atoms with van der Waals surface area (Å²) in [5.41, 5.74) is 0. The molecule has 0 saturated carbocycles. The highest BCUT2D eigenvalue weighted by Gasteiger charge is 2.18. The maximum atomic E-state index is 12.5. The Kier molecular flexibility index (Phi) is 64.9. The van der Waals surface area contributed by atoms with Gasteiger partial charge in [0.25, 0.3) is 0 Å². The number of rotatable bonds is 65. The van der Waals surface area contributed by atoms with E-state index in [4.69, 9.17) is 4.74 Å². The first kappa shape index (κ1) is 75.1. The van der Waals surface area contributed by atoms with Crippen LogP contribution in [0.4, 0.5) is 0 Å². The third-order valence-electron chi connectivity index (χ3n) is 16.1. The summed E-state index contributed by atoms with van der Waals surface area (Å²) < 4.78 is 5.48. The van der Waals surface area contributed by atoms with Crippen molar-refractivity contribution in [3.05, 3.63) is 36.5 Å². The first-order valence-electron chi connectivity index (χ1n) is 34.8. The van der Waals surface area contributed by atoms with Gasteiger partial charge < -0.3 is 20.3 Å². The van der Waals surface area contributed by atoms with Crippen LogP contribution in [0, 0.1) is 0 Å². The number of allylic oxidation sites excluding steroid dienone is 5. The van der Waals surface area contributed by atoms with Crippen LogP contribution in [0.1, 0.15) is 380 Å². The van der Waals surface area contributed by atoms with Gasteiger partial charge in [-0.2, -0.15) is 0 Å². The maximum absolute atomic E-state index is 12.5. The highest BCUT2D eigenvalue weighted by atomic mass is 16.5. The zero-order valence-electron chi connectivity index (χ0n) is 52.0. The lowest BCUT2D eigenvalue weighted by atomic mass is 10.0. The lowest BCUT2D eigenvalue weighted by Crippen LogP contribution is -2.45. The van der Waals surface area contributed by atoms with E-state index in [-0.39, 0.29) is 18.5 Å². The molecule has 454 valence electrons. The fourth-order valence-corrected chi connectivity index (χ4v) is 10.8. The first-order valence-corrected chi connectivity index (χ1v) is 34.8. The molecule has 1 amide bonds. The number of amides is 1. The fraction of sp³-hybridized carbons (Fsp3) is 0.887. The smallest absolute Gasteiger partial charge is 0.305 e. The standard InChI is InChI=1S/C71H135NO5/c1-3-5-7-9-11-13-15-40-45-49-53-57-61-65-71(76)77-66-62-58-54-50-46-42-39-37-35-33-31-29-27-25-23-21-19-17-18-20-22-24-26-28-30-32-34-36-38-41-44-48-52-56-60-64-70(75)72-68(67-73)69(74)63-59-55-51-47-43-16-14-12-10-8-6-4-2/h13,15,19,21,59,63,68-69,73-74H,3-12,14,16-18,20,22-58,60-62,64-67H2,1-2H3,(H,72,75)/b15-13-,21-19-,63-59+. The molecule has 3 N–H and O–H groups in total. The Morgan fingerprint density at radius 2 is 0.610 bits per heavy atom. The van der Waals surface area contributed by atoms with E-state index in [2.05, 4.69) is 43.5 Å². The van der Waals surface area contributed by atoms with Crippen molar-refractivity contribution < 1.29 is 24.5 Å². The number of esters is 1. The molecule has 2 atom stereocenters. The van der Waals surface area contributed by atoms with Crippen molar-refractivity contribution in [2.24, 2.45) is 0 Å². The number of ether oxygens (including phenoxy) is 1. The number of carbonyl (C=O) groups is 2. The second-order valence-corrected chi connectivity index (χ2v) is 23.9. The van der Waals surface area contributed by atoms with Gasteiger partial charge in [-0.15, -0.1) is 0 Å². The minimum atomic E-state index is -0.841. The molecule has 0 aliphatic rings. The van der Waals surface area contributed by atoms with Crippen LogP contribution in [0.25, 0.3) is 0 Å². The number of aliphatic hydroxyl groups excluding tert-OH is 2. The number of hydrogen-bond acceptors (Lipinski definition) is 5. The molecular formula is C71H135NO5. The van der Waals surface area contributed by atoms with Gasteiger partial charge in [-0.05, 0) is 83.5 Å². The van der Waals surface area contributed by atoms with Crippen molar-refractivity contribution in [2.75, 3.05) is 13.2 Å². The highest BCUT2D eigenvalue weighted by molar-refractivity contribution is 5.76. The molecule has 6 nitrogen and oxygen atoms in total. The summed E-state index contributed by atoms with van der Waals surface area (Å²) in [6.07, 6.45) is 85.2. The average Bonchev–Trinajstić information content (AvgIpc) is 3.43. The van der Waals surface area contributed by atoms with E-state index in [0.29, 0.717) is 19.4 Å². The Hall–Kier alpha value is -1.92. The number of carbonyl (C=O) groups excluding carboxylic acids is 2. The van der Waals surface area contributed by atoms with Crippen LogP contribution in [-0.2, 0) is 14.3 Å². The Morgan fingerprint density at radius 1 is 0.351 bits per heavy atom. The fourth-order valence-electron chi connectivity index (χ4n) is 10.8. The Labute approximate surface area is 481 Å². The molecule has 0 radical (unpaired) electrons. The molecule has 0 aliphatic heterocycles. The highest BCUT2D eigenvalue weighted by Crippen LogP contribution is 2.18. The van der Waals surface area contributed by atoms with Gasteiger partial charge in [-0.3, -0.25) is 9.59 Å². The van der Waals surface area contributed by atoms with Gasteiger partial charge in [-0.1, -0.05) is 320 Å². The van der Waals surface area contributed by atoms with E-state index in [1.54, 1.807) is 6.08 Å². The Bertz CT molecular complexity index is 1250. The molecule has 0 bridgehead atoms. The van der Waals surface area contributed by atoms with Gasteiger partial charge in [0.05, 0.1) is 25.4 Å². The van der Waals surface area contributed by atoms with Crippen LogP contribution >= 0.6 is 0 Å². The zero-order chi connectivity index (χ0) is 55.7. The number of hydrogen-bond donors (Lipinski definition) is 3. The molecule has 0 heterocycles. The summed E-state index contributed by atoms with van der Waals surface area (Å²) in [6, 6.07) is -0.624. The largest absolute Gasteiger partial charge is 0.466 e. The van der Waals surface area contributed by atoms with E-state index in [1.165, 1.54) is 308 Å². The molecule has 0 saturated heterocycles. The van der Waals surface area contributed by atoms with Crippen LogP contribution < -0.4 is 5.32 Å². The molecular weight excluding hydrogens is 947 g/mol. The summed E-state index contributed by atoms with van der Waals surface area (Å²) in [5.74, 6) is -0.0530. The van der Waals surface area contributed by atoms with Crippen LogP contribution in [0.2, 0.25) is 0 Å². The average molecular weight is 1080 g/mol. The van der Waals surface area contributed by atoms with Crippen molar-refractivity contribution in [3.8, 4) is 0 Å². The third-order valence-corrected chi connectivity index (χ3v) is 16.1. The lowest BCUT2D eigenvalue weighted by molar-refractivity contribution is -0.143. The van der Waals surface area contributed by atoms with Crippen molar-refractivity contribution >= 4 is 11.9 Å². The summed E-state index contributed by atoms with van der Waals surface area (Å²) in [5, 5.41) is 23.1. The van der Waals surface area contributed by atoms with Crippen LogP contribution in [0.5, 0.6) is 0 Å². The molecule has 0 aromatic heterocycles. The Morgan fingerprint density at radius 3 is 0.935 bits per heavy atom. The van der Waals surface area contributed by atoms with Crippen molar-refractivity contribution in [3.63, 3.8) is 0 Å². The van der Waals surface area contributed by atoms with Gasteiger partial charge >= 0.3 is 5.97 Å². The van der Waals surface area contributed by atoms with E-state index in [0.717, 1.165) is 44.9 Å². The number of unbranched alkanes of at least 4 members (excludes halogenated alkanes) is 50. The second-order valence-electron chi connectivity index (χ2n) is 23.9. The molecule has 0 rings (SSSR count). The molecule has 0 aromatic rings. The predicted molar refractivity (Wildman–Crippen MR) is 338 cm³/mol. The van der Waals surface area contributed by atoms with Gasteiger partial charge in [0.2, 0.25) is 5.91 Å². The van der Waals surface area contributed by atoms with Crippen LogP contribution in [-0.4, -0.2) is 47.4 Å². The van der Waals surface area contributed by atoms with E-state index >= 15 is 0 Å². The number of aliphatic hydroxyl groups is 2. The minimum absolute atomic E-state index is 0.0108. The van der Waals surface area contributed by atoms with Crippen molar-refractivity contribution in [1.82, 2.24) is 5.32 Å². The van der Waals surface area contributed by atoms with Crippen molar-refractivity contribution in [2.45, 2.75) is 392 Å². The van der Waals surface area contributed by atoms with Crippen LogP contribution in [0.15, 0.2) is 36.5 Å². The monoisotopic (exact) mass is 1080 g/mol. The van der Waals surface area contributed by atoms with Gasteiger partial charge in [0.15, 0.2) is 0 Å². The summed E-state index contributed by atoms with van der Waals surface area (Å²) in [7, 11) is 0. The molecule has 0 aliphatic carbocycles. The van der Waals surface area contributed by atoms with E-state index in [1.807, 2.05) is 6.08 Å². The molecule has 0 fully saturated rings. The summed E-state index contributed by atoms with van der Waals surface area (Å²) in [4.78, 5) is 24.5. The number of nitrogens with one attached hydrogen (secondary N) is 1. The topological polar surface area (TPSA) is 95.9 Å². The Balaban J connectivity index is 3.34. The first-order chi connectivity index (χ1) is 38.0. The minimum Gasteiger partial charge on any atom is -0.466 e. The summed E-state index contributed by atoms with van der Waals surface area (Å²) >= 11 is 0. The molecule has 0 aromatic carbocycles. The molecule has 2 unspecified atom stereocenters. The maximum Gasteiger partial charge on any atom is 0.305 e. The quantitative estimate of drug-likeness (QED) is 0.0320. The molecule has 77 heavy (non-hydrogen) atoms. The van der Waals surface area contributed by atoms with Gasteiger partial charge in [0, 0.05) is 12.8 Å². The predicted octanol–water partition coefficient (Wildman–Crippen LogP) is 22.3. The summed E-state index contributed by atoms with van der Waals surface area (Å²) in [6.45, 7) is 4.90. The second kappa shape index (κ2) is 66.6. The molecule has 6 heteroatoms. The van der Waals surface area contributed by atoms with E-state index in [9.17, 15) is 19.8 Å². The zero-order valence-corrected chi connectivity index (χ0v) is 52.0. The van der Waals surface area contributed by atoms with Gasteiger partial charge in [0.1, 0.15) is 0 Å². The van der Waals surface area contributed by atoms with E-state index < -0.39 is 12.1 Å². The SMILES string of the molecule is CCCCCC/C=C\CCCCCCCC(=O)OCCCCCCCCCCCCCCCC/C=C\CCCCCCCCCCCCCCCCCCCC(=O)NC(CO)C(O)/C=C/CCCCCCCCCCCC.